The van der Waals surface area contributed by atoms with Gasteiger partial charge in [-0.3, -0.25) is 0 Å². The van der Waals surface area contributed by atoms with E-state index in [1.807, 2.05) is 0 Å². The molecule has 4 heteroatoms. The van der Waals surface area contributed by atoms with Crippen molar-refractivity contribution in [3.8, 4) is 11.5 Å². The highest BCUT2D eigenvalue weighted by atomic mass is 32.2. The minimum absolute atomic E-state index is 0.544. The molecule has 1 atom stereocenters. The lowest BCUT2D eigenvalue weighted by Crippen LogP contribution is -2.20. The lowest BCUT2D eigenvalue weighted by Gasteiger charge is -2.21. The Morgan fingerprint density at radius 3 is 2.50 bits per heavy atom. The molecule has 1 aliphatic heterocycles. The average Bonchev–Trinajstić information content (AvgIpc) is 3.05. The summed E-state index contributed by atoms with van der Waals surface area (Å²) in [6.45, 7) is 7.99. The number of nitrogens with one attached hydrogen (secondary N) is 1. The molecule has 0 aromatic heterocycles. The van der Waals surface area contributed by atoms with E-state index in [-0.39, 0.29) is 0 Å². The van der Waals surface area contributed by atoms with Crippen LogP contribution in [-0.4, -0.2) is 26.0 Å². The van der Waals surface area contributed by atoms with Crippen molar-refractivity contribution >= 4 is 11.8 Å². The number of rotatable bonds is 5. The summed E-state index contributed by atoms with van der Waals surface area (Å²) in [5.41, 5.74) is 1.85. The summed E-state index contributed by atoms with van der Waals surface area (Å²) in [5.74, 6) is 2.60. The third kappa shape index (κ3) is 2.91. The van der Waals surface area contributed by atoms with Gasteiger partial charge in [0.05, 0.1) is 0 Å². The quantitative estimate of drug-likeness (QED) is 0.844. The van der Waals surface area contributed by atoms with Crippen molar-refractivity contribution in [1.82, 2.24) is 5.32 Å². The Morgan fingerprint density at radius 2 is 1.90 bits per heavy atom. The fourth-order valence-electron chi connectivity index (χ4n) is 2.75. The van der Waals surface area contributed by atoms with Gasteiger partial charge in [-0.1, -0.05) is 13.8 Å². The molecule has 1 fully saturated rings. The summed E-state index contributed by atoms with van der Waals surface area (Å²) in [5, 5.41) is 3.59. The fourth-order valence-corrected chi connectivity index (χ4v) is 3.36. The number of hydrogen-bond donors (Lipinski definition) is 1. The highest BCUT2D eigenvalue weighted by Crippen LogP contribution is 2.51. The summed E-state index contributed by atoms with van der Waals surface area (Å²) in [4.78, 5) is 1.27. The SMILES string of the molecule is CSc1cc2c(cc1CNCC1CC1(C)C)OCCO2. The van der Waals surface area contributed by atoms with E-state index in [1.54, 1.807) is 11.8 Å². The van der Waals surface area contributed by atoms with Gasteiger partial charge < -0.3 is 14.8 Å². The van der Waals surface area contributed by atoms with E-state index >= 15 is 0 Å². The van der Waals surface area contributed by atoms with Crippen molar-refractivity contribution < 1.29 is 9.47 Å². The molecular weight excluding hydrogens is 270 g/mol. The largest absolute Gasteiger partial charge is 0.486 e. The van der Waals surface area contributed by atoms with Crippen molar-refractivity contribution in [3.05, 3.63) is 17.7 Å². The Morgan fingerprint density at radius 1 is 1.25 bits per heavy atom. The first-order chi connectivity index (χ1) is 9.60. The number of benzene rings is 1. The third-order valence-electron chi connectivity index (χ3n) is 4.37. The van der Waals surface area contributed by atoms with Crippen molar-refractivity contribution in [3.63, 3.8) is 0 Å². The number of thioether (sulfide) groups is 1. The third-order valence-corrected chi connectivity index (χ3v) is 5.19. The minimum Gasteiger partial charge on any atom is -0.486 e. The summed E-state index contributed by atoms with van der Waals surface area (Å²) in [7, 11) is 0. The van der Waals surface area contributed by atoms with E-state index in [0.717, 1.165) is 30.5 Å². The second kappa shape index (κ2) is 5.49. The Balaban J connectivity index is 1.65. The van der Waals surface area contributed by atoms with Crippen LogP contribution in [0.15, 0.2) is 17.0 Å². The fraction of sp³-hybridized carbons (Fsp3) is 0.625. The molecule has 1 N–H and O–H groups in total. The summed E-state index contributed by atoms with van der Waals surface area (Å²) >= 11 is 1.77. The van der Waals surface area contributed by atoms with Crippen molar-refractivity contribution in [2.75, 3.05) is 26.0 Å². The van der Waals surface area contributed by atoms with Crippen LogP contribution in [0.25, 0.3) is 0 Å². The predicted octanol–water partition coefficient (Wildman–Crippen LogP) is 3.32. The molecule has 0 radical (unpaired) electrons. The van der Waals surface area contributed by atoms with Crippen molar-refractivity contribution in [2.45, 2.75) is 31.7 Å². The van der Waals surface area contributed by atoms with Crippen LogP contribution in [0.1, 0.15) is 25.8 Å². The molecule has 0 spiro atoms. The zero-order valence-corrected chi connectivity index (χ0v) is 13.3. The Labute approximate surface area is 125 Å². The highest BCUT2D eigenvalue weighted by molar-refractivity contribution is 7.98. The van der Waals surface area contributed by atoms with Gasteiger partial charge in [0, 0.05) is 11.4 Å². The highest BCUT2D eigenvalue weighted by Gasteiger charge is 2.44. The number of fused-ring (bicyclic) bond motifs is 1. The normalized spacial score (nSPS) is 22.6. The van der Waals surface area contributed by atoms with Gasteiger partial charge in [-0.2, -0.15) is 0 Å². The number of hydrogen-bond acceptors (Lipinski definition) is 4. The van der Waals surface area contributed by atoms with Crippen molar-refractivity contribution in [2.24, 2.45) is 11.3 Å². The Hall–Kier alpha value is -0.870. The van der Waals surface area contributed by atoms with Crippen LogP contribution in [-0.2, 0) is 6.54 Å². The molecule has 0 bridgehead atoms. The van der Waals surface area contributed by atoms with Gasteiger partial charge in [-0.25, -0.2) is 0 Å². The van der Waals surface area contributed by atoms with Crippen LogP contribution in [0.5, 0.6) is 11.5 Å². The molecule has 1 aromatic carbocycles. The van der Waals surface area contributed by atoms with E-state index in [1.165, 1.54) is 16.9 Å². The van der Waals surface area contributed by atoms with Crippen LogP contribution >= 0.6 is 11.8 Å². The van der Waals surface area contributed by atoms with Gasteiger partial charge in [-0.05, 0) is 48.3 Å². The average molecular weight is 293 g/mol. The van der Waals surface area contributed by atoms with Gasteiger partial charge in [0.25, 0.3) is 0 Å². The smallest absolute Gasteiger partial charge is 0.162 e. The van der Waals surface area contributed by atoms with Crippen LogP contribution in [0.2, 0.25) is 0 Å². The first-order valence-corrected chi connectivity index (χ1v) is 8.50. The predicted molar refractivity (Wildman–Crippen MR) is 82.8 cm³/mol. The molecule has 3 nitrogen and oxygen atoms in total. The minimum atomic E-state index is 0.544. The molecular formula is C16H23NO2S. The monoisotopic (exact) mass is 293 g/mol. The Bertz CT molecular complexity index is 501. The zero-order valence-electron chi connectivity index (χ0n) is 12.5. The molecule has 3 rings (SSSR count). The van der Waals surface area contributed by atoms with Crippen molar-refractivity contribution in [1.29, 1.82) is 0 Å². The second-order valence-corrected chi connectivity index (χ2v) is 7.18. The first kappa shape index (κ1) is 14.1. The maximum Gasteiger partial charge on any atom is 0.162 e. The molecule has 0 amide bonds. The molecule has 1 unspecified atom stereocenters. The van der Waals surface area contributed by atoms with Gasteiger partial charge in [0.15, 0.2) is 11.5 Å². The van der Waals surface area contributed by atoms with Crippen LogP contribution in [0, 0.1) is 11.3 Å². The molecule has 0 saturated heterocycles. The molecule has 1 saturated carbocycles. The van der Waals surface area contributed by atoms with E-state index in [0.29, 0.717) is 18.6 Å². The first-order valence-electron chi connectivity index (χ1n) is 7.27. The Kier molecular flexibility index (Phi) is 3.87. The van der Waals surface area contributed by atoms with Crippen LogP contribution in [0.4, 0.5) is 0 Å². The molecule has 20 heavy (non-hydrogen) atoms. The van der Waals surface area contributed by atoms with Crippen LogP contribution < -0.4 is 14.8 Å². The molecule has 1 heterocycles. The van der Waals surface area contributed by atoms with E-state index in [9.17, 15) is 0 Å². The van der Waals surface area contributed by atoms with Crippen LogP contribution in [0.3, 0.4) is 0 Å². The molecule has 1 aliphatic carbocycles. The van der Waals surface area contributed by atoms with Gasteiger partial charge in [0.2, 0.25) is 0 Å². The summed E-state index contributed by atoms with van der Waals surface area (Å²) in [6, 6.07) is 4.24. The zero-order chi connectivity index (χ0) is 14.2. The van der Waals surface area contributed by atoms with E-state index in [4.69, 9.17) is 9.47 Å². The summed E-state index contributed by atoms with van der Waals surface area (Å²) < 4.78 is 11.3. The lowest BCUT2D eigenvalue weighted by atomic mass is 10.1. The van der Waals surface area contributed by atoms with Gasteiger partial charge in [0.1, 0.15) is 13.2 Å². The molecule has 2 aliphatic rings. The topological polar surface area (TPSA) is 30.5 Å². The summed E-state index contributed by atoms with van der Waals surface area (Å²) in [6.07, 6.45) is 3.45. The lowest BCUT2D eigenvalue weighted by molar-refractivity contribution is 0.171. The molecule has 110 valence electrons. The van der Waals surface area contributed by atoms with Gasteiger partial charge in [-0.15, -0.1) is 11.8 Å². The number of ether oxygens (including phenoxy) is 2. The maximum atomic E-state index is 5.67. The van der Waals surface area contributed by atoms with E-state index < -0.39 is 0 Å². The van der Waals surface area contributed by atoms with E-state index in [2.05, 4.69) is 37.6 Å². The van der Waals surface area contributed by atoms with Gasteiger partial charge >= 0.3 is 0 Å². The maximum absolute atomic E-state index is 5.67. The standard InChI is InChI=1S/C16H23NO2S/c1-16(2)8-12(16)10-17-9-11-6-13-14(7-15(11)20-3)19-5-4-18-13/h6-7,12,17H,4-5,8-10H2,1-3H3. The second-order valence-electron chi connectivity index (χ2n) is 6.33. The molecule has 1 aromatic rings.